The summed E-state index contributed by atoms with van der Waals surface area (Å²) < 4.78 is 11.3. The van der Waals surface area contributed by atoms with Gasteiger partial charge in [0.25, 0.3) is 12.4 Å². The van der Waals surface area contributed by atoms with Crippen LogP contribution in [-0.4, -0.2) is 70.9 Å². The third-order valence-electron chi connectivity index (χ3n) is 6.52. The Labute approximate surface area is 234 Å². The van der Waals surface area contributed by atoms with Crippen LogP contribution in [0, 0.1) is 0 Å². The number of amides is 1. The van der Waals surface area contributed by atoms with Gasteiger partial charge in [0.15, 0.2) is 5.82 Å². The van der Waals surface area contributed by atoms with E-state index in [0.29, 0.717) is 40.5 Å². The van der Waals surface area contributed by atoms with Gasteiger partial charge in [-0.3, -0.25) is 9.59 Å². The molecule has 1 saturated heterocycles. The summed E-state index contributed by atoms with van der Waals surface area (Å²) in [6.45, 7) is 12.1. The first-order chi connectivity index (χ1) is 18.9. The molecule has 0 saturated carbocycles. The molecule has 0 unspecified atom stereocenters. The van der Waals surface area contributed by atoms with Gasteiger partial charge in [-0.2, -0.15) is 0 Å². The Morgan fingerprint density at radius 1 is 1.15 bits per heavy atom. The fourth-order valence-electron chi connectivity index (χ4n) is 4.08. The second kappa shape index (κ2) is 13.0. The lowest BCUT2D eigenvalue weighted by Crippen LogP contribution is -2.39. The second-order valence-corrected chi connectivity index (χ2v) is 11.3. The third kappa shape index (κ3) is 7.86. The average Bonchev–Trinajstić information content (AvgIpc) is 2.92. The van der Waals surface area contributed by atoms with Gasteiger partial charge in [0, 0.05) is 30.7 Å². The van der Waals surface area contributed by atoms with Gasteiger partial charge in [0.1, 0.15) is 29.2 Å². The number of nitrogens with two attached hydrogens (primary N) is 1. The van der Waals surface area contributed by atoms with Crippen molar-refractivity contribution in [2.75, 3.05) is 32.1 Å². The molecule has 1 fully saturated rings. The maximum Gasteiger partial charge on any atom is 0.290 e. The molecule has 3 aromatic rings. The second-order valence-electron chi connectivity index (χ2n) is 11.3. The number of fused-ring (bicyclic) bond motifs is 1. The number of rotatable bonds is 8. The van der Waals surface area contributed by atoms with E-state index in [-0.39, 0.29) is 17.9 Å². The maximum atomic E-state index is 12.6. The predicted octanol–water partition coefficient (Wildman–Crippen LogP) is 3.76. The number of methoxy groups -OCH3 is 1. The van der Waals surface area contributed by atoms with Crippen molar-refractivity contribution >= 4 is 29.2 Å². The standard InChI is InChI=1S/C28H38N6O3.CH2O2/c1-27(2,3)26-33-22-20(24(29)35)14-21(17-9-11-19(12-10-17)37-16-28(4,5)36-6)32-23(22)25(34-26)31-18-8-7-13-30-15-18;2-1-3/h9-12,14,18,30H,7-8,13,15-16H2,1-6H3,(H2,29,35)(H,31,33,34);1H,(H,2,3)/t18-;/m0./s1. The van der Waals surface area contributed by atoms with Gasteiger partial charge in [-0.15, -0.1) is 0 Å². The Morgan fingerprint density at radius 3 is 2.38 bits per heavy atom. The number of ether oxygens (including phenoxy) is 2. The van der Waals surface area contributed by atoms with E-state index < -0.39 is 11.5 Å². The highest BCUT2D eigenvalue weighted by Crippen LogP contribution is 2.31. The zero-order chi connectivity index (χ0) is 29.5. The first-order valence-electron chi connectivity index (χ1n) is 13.2. The summed E-state index contributed by atoms with van der Waals surface area (Å²) in [7, 11) is 1.66. The number of benzene rings is 1. The number of hydrogen-bond donors (Lipinski definition) is 4. The zero-order valence-electron chi connectivity index (χ0n) is 24.1. The Morgan fingerprint density at radius 2 is 1.82 bits per heavy atom. The normalized spacial score (nSPS) is 15.6. The highest BCUT2D eigenvalue weighted by molar-refractivity contribution is 6.07. The minimum absolute atomic E-state index is 0.204. The van der Waals surface area contributed by atoms with Crippen LogP contribution in [0.15, 0.2) is 30.3 Å². The molecule has 0 radical (unpaired) electrons. The molecule has 1 amide bonds. The summed E-state index contributed by atoms with van der Waals surface area (Å²) in [6.07, 6.45) is 2.10. The number of anilines is 1. The smallest absolute Gasteiger partial charge is 0.290 e. The molecule has 0 aliphatic carbocycles. The fourth-order valence-corrected chi connectivity index (χ4v) is 4.08. The molecular formula is C29H40N6O5. The molecule has 0 spiro atoms. The van der Waals surface area contributed by atoms with Crippen molar-refractivity contribution in [2.45, 2.75) is 64.5 Å². The van der Waals surface area contributed by atoms with Gasteiger partial charge < -0.3 is 30.9 Å². The van der Waals surface area contributed by atoms with Crippen LogP contribution in [0.3, 0.4) is 0 Å². The molecular weight excluding hydrogens is 512 g/mol. The molecule has 1 aromatic carbocycles. The van der Waals surface area contributed by atoms with Crippen LogP contribution in [0.2, 0.25) is 0 Å². The number of nitrogens with zero attached hydrogens (tertiary/aromatic N) is 3. The lowest BCUT2D eigenvalue weighted by molar-refractivity contribution is -0.122. The van der Waals surface area contributed by atoms with E-state index in [1.807, 2.05) is 58.9 Å². The summed E-state index contributed by atoms with van der Waals surface area (Å²) in [5, 5.41) is 13.9. The Kier molecular flexibility index (Phi) is 9.99. The quantitative estimate of drug-likeness (QED) is 0.303. The molecule has 1 aliphatic heterocycles. The van der Waals surface area contributed by atoms with Gasteiger partial charge in [0.2, 0.25) is 0 Å². The lowest BCUT2D eigenvalue weighted by atomic mass is 9.95. The van der Waals surface area contributed by atoms with Gasteiger partial charge in [-0.05, 0) is 63.6 Å². The van der Waals surface area contributed by atoms with Crippen LogP contribution in [0.4, 0.5) is 5.82 Å². The largest absolute Gasteiger partial charge is 0.491 e. The number of aromatic nitrogens is 3. The minimum Gasteiger partial charge on any atom is -0.491 e. The summed E-state index contributed by atoms with van der Waals surface area (Å²) in [5.41, 5.74) is 7.89. The first-order valence-corrected chi connectivity index (χ1v) is 13.2. The van der Waals surface area contributed by atoms with Crippen LogP contribution in [0.1, 0.15) is 63.6 Å². The number of primary amides is 1. The molecule has 0 bridgehead atoms. The Balaban J connectivity index is 0.00000141. The fraction of sp³-hybridized carbons (Fsp3) is 0.483. The molecule has 216 valence electrons. The number of pyridine rings is 1. The molecule has 1 atom stereocenters. The van der Waals surface area contributed by atoms with Gasteiger partial charge in [0.05, 0.1) is 16.9 Å². The van der Waals surface area contributed by atoms with Crippen molar-refractivity contribution in [1.29, 1.82) is 0 Å². The number of carbonyl (C=O) groups is 2. The van der Waals surface area contributed by atoms with Gasteiger partial charge in [-0.25, -0.2) is 15.0 Å². The summed E-state index contributed by atoms with van der Waals surface area (Å²) in [5.74, 6) is 1.41. The van der Waals surface area contributed by atoms with Gasteiger partial charge in [-0.1, -0.05) is 20.8 Å². The Hall–Kier alpha value is -3.83. The van der Waals surface area contributed by atoms with Crippen molar-refractivity contribution in [3.63, 3.8) is 0 Å². The average molecular weight is 553 g/mol. The lowest BCUT2D eigenvalue weighted by Gasteiger charge is -2.26. The highest BCUT2D eigenvalue weighted by Gasteiger charge is 2.25. The summed E-state index contributed by atoms with van der Waals surface area (Å²) in [4.78, 5) is 35.5. The first kappa shape index (κ1) is 30.7. The Bertz CT molecular complexity index is 1320. The van der Waals surface area contributed by atoms with Gasteiger partial charge >= 0.3 is 0 Å². The van der Waals surface area contributed by atoms with Crippen LogP contribution in [0.5, 0.6) is 5.75 Å². The zero-order valence-corrected chi connectivity index (χ0v) is 24.1. The van der Waals surface area contributed by atoms with E-state index >= 15 is 0 Å². The molecule has 11 nitrogen and oxygen atoms in total. The third-order valence-corrected chi connectivity index (χ3v) is 6.52. The molecule has 3 heterocycles. The van der Waals surface area contributed by atoms with E-state index in [0.717, 1.165) is 37.2 Å². The van der Waals surface area contributed by atoms with Crippen molar-refractivity contribution in [2.24, 2.45) is 5.73 Å². The highest BCUT2D eigenvalue weighted by atomic mass is 16.5. The molecule has 2 aromatic heterocycles. The number of nitrogens with one attached hydrogen (secondary N) is 2. The molecule has 40 heavy (non-hydrogen) atoms. The molecule has 5 N–H and O–H groups in total. The van der Waals surface area contributed by atoms with Crippen molar-refractivity contribution in [3.05, 3.63) is 41.7 Å². The summed E-state index contributed by atoms with van der Waals surface area (Å²) >= 11 is 0. The van der Waals surface area contributed by atoms with E-state index in [4.69, 9.17) is 40.1 Å². The van der Waals surface area contributed by atoms with E-state index in [1.54, 1.807) is 13.2 Å². The SMILES string of the molecule is COC(C)(C)COc1ccc(-c2cc(C(N)=O)c3nc(C(C)(C)C)nc(N[C@H]4CCCNC4)c3n2)cc1.O=CO. The van der Waals surface area contributed by atoms with Crippen LogP contribution in [0.25, 0.3) is 22.3 Å². The molecule has 1 aliphatic rings. The maximum absolute atomic E-state index is 12.6. The number of hydrogen-bond acceptors (Lipinski definition) is 9. The van der Waals surface area contributed by atoms with Crippen molar-refractivity contribution in [3.8, 4) is 17.0 Å². The monoisotopic (exact) mass is 552 g/mol. The van der Waals surface area contributed by atoms with E-state index in [2.05, 4.69) is 10.6 Å². The number of piperidine rings is 1. The number of carboxylic acid groups (broad SMARTS) is 1. The molecule has 11 heteroatoms. The minimum atomic E-state index is -0.556. The van der Waals surface area contributed by atoms with Crippen LogP contribution >= 0.6 is 0 Å². The van der Waals surface area contributed by atoms with Crippen molar-refractivity contribution in [1.82, 2.24) is 20.3 Å². The number of carbonyl (C=O) groups excluding carboxylic acids is 1. The van der Waals surface area contributed by atoms with Crippen LogP contribution < -0.4 is 21.1 Å². The van der Waals surface area contributed by atoms with E-state index in [1.165, 1.54) is 0 Å². The van der Waals surface area contributed by atoms with Crippen LogP contribution in [-0.2, 0) is 14.9 Å². The topological polar surface area (TPSA) is 162 Å². The summed E-state index contributed by atoms with van der Waals surface area (Å²) in [6, 6.07) is 9.49. The van der Waals surface area contributed by atoms with Crippen molar-refractivity contribution < 1.29 is 24.2 Å². The molecule has 4 rings (SSSR count). The predicted molar refractivity (Wildman–Crippen MR) is 155 cm³/mol. The van der Waals surface area contributed by atoms with E-state index in [9.17, 15) is 4.79 Å².